The Balaban J connectivity index is 0.00000320. The van der Waals surface area contributed by atoms with E-state index in [9.17, 15) is 9.18 Å². The SMILES string of the molecule is COC(=O)c1cc(CN=C(N)N2CCN(c3ccc(F)cc3)CC2)ccc1OC.I. The molecule has 1 aliphatic heterocycles. The molecule has 162 valence electrons. The number of guanidine groups is 1. The Labute approximate surface area is 192 Å². The van der Waals surface area contributed by atoms with Gasteiger partial charge in [-0.2, -0.15) is 0 Å². The minimum absolute atomic E-state index is 0. The molecule has 30 heavy (non-hydrogen) atoms. The number of halogens is 2. The van der Waals surface area contributed by atoms with Gasteiger partial charge in [0.1, 0.15) is 17.1 Å². The minimum Gasteiger partial charge on any atom is -0.496 e. The molecular weight excluding hydrogens is 502 g/mol. The second-order valence-corrected chi connectivity index (χ2v) is 6.65. The van der Waals surface area contributed by atoms with Crippen molar-refractivity contribution in [3.8, 4) is 5.75 Å². The highest BCUT2D eigenvalue weighted by atomic mass is 127. The Hall–Kier alpha value is -2.56. The van der Waals surface area contributed by atoms with Gasteiger partial charge in [0.25, 0.3) is 0 Å². The van der Waals surface area contributed by atoms with Crippen molar-refractivity contribution >= 4 is 41.6 Å². The normalized spacial score (nSPS) is 14.2. The van der Waals surface area contributed by atoms with Crippen molar-refractivity contribution in [1.82, 2.24) is 4.90 Å². The molecule has 1 saturated heterocycles. The Kier molecular flexibility index (Phi) is 8.70. The van der Waals surface area contributed by atoms with Crippen LogP contribution in [0.5, 0.6) is 5.75 Å². The van der Waals surface area contributed by atoms with Crippen LogP contribution in [0.15, 0.2) is 47.5 Å². The third-order valence-electron chi connectivity index (χ3n) is 4.89. The first-order valence-electron chi connectivity index (χ1n) is 9.32. The minimum atomic E-state index is -0.461. The number of anilines is 1. The first-order valence-corrected chi connectivity index (χ1v) is 9.32. The zero-order valence-corrected chi connectivity index (χ0v) is 19.3. The van der Waals surface area contributed by atoms with Crippen molar-refractivity contribution in [2.24, 2.45) is 10.7 Å². The molecule has 0 aromatic heterocycles. The molecule has 0 saturated carbocycles. The maximum absolute atomic E-state index is 13.1. The van der Waals surface area contributed by atoms with Gasteiger partial charge in [-0.1, -0.05) is 6.07 Å². The Morgan fingerprint density at radius 1 is 1.10 bits per heavy atom. The summed E-state index contributed by atoms with van der Waals surface area (Å²) in [5.74, 6) is 0.212. The van der Waals surface area contributed by atoms with E-state index in [1.165, 1.54) is 26.4 Å². The smallest absolute Gasteiger partial charge is 0.341 e. The maximum Gasteiger partial charge on any atom is 0.341 e. The number of methoxy groups -OCH3 is 2. The molecule has 1 fully saturated rings. The summed E-state index contributed by atoms with van der Waals surface area (Å²) in [4.78, 5) is 20.6. The summed E-state index contributed by atoms with van der Waals surface area (Å²) < 4.78 is 23.1. The zero-order valence-electron chi connectivity index (χ0n) is 17.0. The van der Waals surface area contributed by atoms with Crippen molar-refractivity contribution in [2.45, 2.75) is 6.54 Å². The van der Waals surface area contributed by atoms with E-state index in [1.54, 1.807) is 24.3 Å². The topological polar surface area (TPSA) is 80.4 Å². The molecule has 0 spiro atoms. The van der Waals surface area contributed by atoms with Gasteiger partial charge in [0.15, 0.2) is 5.96 Å². The number of piperazine rings is 1. The number of benzene rings is 2. The van der Waals surface area contributed by atoms with Crippen LogP contribution in [0.1, 0.15) is 15.9 Å². The largest absolute Gasteiger partial charge is 0.496 e. The van der Waals surface area contributed by atoms with Crippen molar-refractivity contribution in [3.05, 3.63) is 59.4 Å². The van der Waals surface area contributed by atoms with Crippen molar-refractivity contribution in [2.75, 3.05) is 45.3 Å². The zero-order chi connectivity index (χ0) is 20.8. The Bertz CT molecular complexity index is 884. The summed E-state index contributed by atoms with van der Waals surface area (Å²) in [6.45, 7) is 3.34. The number of rotatable bonds is 5. The molecule has 2 N–H and O–H groups in total. The van der Waals surface area contributed by atoms with E-state index in [0.717, 1.165) is 37.4 Å². The van der Waals surface area contributed by atoms with E-state index < -0.39 is 5.97 Å². The molecule has 2 aromatic rings. The first kappa shape index (κ1) is 23.7. The Morgan fingerprint density at radius 2 is 1.77 bits per heavy atom. The lowest BCUT2D eigenvalue weighted by Crippen LogP contribution is -2.51. The fourth-order valence-corrected chi connectivity index (χ4v) is 3.24. The van der Waals surface area contributed by atoms with Gasteiger partial charge in [0.2, 0.25) is 0 Å². The molecule has 0 radical (unpaired) electrons. The van der Waals surface area contributed by atoms with E-state index >= 15 is 0 Å². The average Bonchev–Trinajstić information content (AvgIpc) is 2.77. The third-order valence-corrected chi connectivity index (χ3v) is 4.89. The predicted octanol–water partition coefficient (Wildman–Crippen LogP) is 2.88. The van der Waals surface area contributed by atoms with Crippen LogP contribution in [0.25, 0.3) is 0 Å². The molecule has 0 amide bonds. The molecule has 0 aliphatic carbocycles. The molecule has 7 nitrogen and oxygen atoms in total. The van der Waals surface area contributed by atoms with Crippen LogP contribution < -0.4 is 15.4 Å². The molecule has 0 atom stereocenters. The highest BCUT2D eigenvalue weighted by molar-refractivity contribution is 14.0. The monoisotopic (exact) mass is 528 g/mol. The summed E-state index contributed by atoms with van der Waals surface area (Å²) >= 11 is 0. The van der Waals surface area contributed by atoms with Gasteiger partial charge in [-0.15, -0.1) is 24.0 Å². The van der Waals surface area contributed by atoms with E-state index in [-0.39, 0.29) is 29.8 Å². The maximum atomic E-state index is 13.1. The van der Waals surface area contributed by atoms with Crippen LogP contribution in [-0.2, 0) is 11.3 Å². The average molecular weight is 528 g/mol. The van der Waals surface area contributed by atoms with Crippen LogP contribution in [0, 0.1) is 5.82 Å². The van der Waals surface area contributed by atoms with Gasteiger partial charge in [-0.3, -0.25) is 0 Å². The highest BCUT2D eigenvalue weighted by Gasteiger charge is 2.19. The standard InChI is InChI=1S/C21H25FN4O3.HI/c1-28-19-8-3-15(13-18(19)20(27)29-2)14-24-21(23)26-11-9-25(10-12-26)17-6-4-16(22)5-7-17;/h3-8,13H,9-12,14H2,1-2H3,(H2,23,24);1H. The van der Waals surface area contributed by atoms with E-state index in [1.807, 2.05) is 11.0 Å². The number of nitrogens with zero attached hydrogens (tertiary/aromatic N) is 3. The summed E-state index contributed by atoms with van der Waals surface area (Å²) in [5.41, 5.74) is 8.36. The first-order chi connectivity index (χ1) is 14.0. The van der Waals surface area contributed by atoms with Gasteiger partial charge in [0, 0.05) is 31.9 Å². The third kappa shape index (κ3) is 5.74. The number of hydrogen-bond donors (Lipinski definition) is 1. The van der Waals surface area contributed by atoms with Crippen molar-refractivity contribution < 1.29 is 18.7 Å². The molecule has 1 aliphatic rings. The second kappa shape index (κ2) is 11.0. The van der Waals surface area contributed by atoms with E-state index in [2.05, 4.69) is 9.89 Å². The van der Waals surface area contributed by atoms with E-state index in [0.29, 0.717) is 23.8 Å². The Morgan fingerprint density at radius 3 is 2.37 bits per heavy atom. The number of nitrogens with two attached hydrogens (primary N) is 1. The number of carbonyl (C=O) groups is 1. The lowest BCUT2D eigenvalue weighted by atomic mass is 10.1. The summed E-state index contributed by atoms with van der Waals surface area (Å²) in [6.07, 6.45) is 0. The molecule has 9 heteroatoms. The van der Waals surface area contributed by atoms with Gasteiger partial charge < -0.3 is 25.0 Å². The highest BCUT2D eigenvalue weighted by Crippen LogP contribution is 2.21. The molecule has 0 unspecified atom stereocenters. The van der Waals surface area contributed by atoms with Gasteiger partial charge >= 0.3 is 5.97 Å². The van der Waals surface area contributed by atoms with E-state index in [4.69, 9.17) is 15.2 Å². The van der Waals surface area contributed by atoms with Crippen molar-refractivity contribution in [3.63, 3.8) is 0 Å². The van der Waals surface area contributed by atoms with Gasteiger partial charge in [0.05, 0.1) is 20.8 Å². The molecule has 1 heterocycles. The van der Waals surface area contributed by atoms with Crippen molar-refractivity contribution in [1.29, 1.82) is 0 Å². The summed E-state index contributed by atoms with van der Waals surface area (Å²) in [5, 5.41) is 0. The van der Waals surface area contributed by atoms with Crippen LogP contribution in [0.4, 0.5) is 10.1 Å². The lowest BCUT2D eigenvalue weighted by Gasteiger charge is -2.36. The lowest BCUT2D eigenvalue weighted by molar-refractivity contribution is 0.0597. The fraction of sp³-hybridized carbons (Fsp3) is 0.333. The fourth-order valence-electron chi connectivity index (χ4n) is 3.24. The summed E-state index contributed by atoms with van der Waals surface area (Å²) in [7, 11) is 2.83. The molecule has 3 rings (SSSR count). The van der Waals surface area contributed by atoms with Crippen LogP contribution >= 0.6 is 24.0 Å². The van der Waals surface area contributed by atoms with Gasteiger partial charge in [-0.25, -0.2) is 14.2 Å². The van der Waals surface area contributed by atoms with Crippen LogP contribution in [0.3, 0.4) is 0 Å². The number of hydrogen-bond acceptors (Lipinski definition) is 5. The summed E-state index contributed by atoms with van der Waals surface area (Å²) in [6, 6.07) is 11.8. The molecule has 2 aromatic carbocycles. The quantitative estimate of drug-likeness (QED) is 0.279. The number of aliphatic imine (C=N–C) groups is 1. The van der Waals surface area contributed by atoms with Crippen LogP contribution in [0.2, 0.25) is 0 Å². The predicted molar refractivity (Wildman–Crippen MR) is 125 cm³/mol. The number of esters is 1. The number of carbonyl (C=O) groups excluding carboxylic acids is 1. The molecule has 0 bridgehead atoms. The second-order valence-electron chi connectivity index (χ2n) is 6.65. The van der Waals surface area contributed by atoms with Crippen LogP contribution in [-0.4, -0.2) is 57.2 Å². The number of ether oxygens (including phenoxy) is 2. The van der Waals surface area contributed by atoms with Gasteiger partial charge in [-0.05, 0) is 42.0 Å². The molecular formula is C21H26FIN4O3.